The number of phenols is 1. The number of hydrogen-bond acceptors (Lipinski definition) is 8. The third kappa shape index (κ3) is 3.30. The number of nitrogens with zero attached hydrogens (tertiary/aromatic N) is 2. The molecule has 1 aromatic heterocycles. The van der Waals surface area contributed by atoms with Gasteiger partial charge in [0.25, 0.3) is 5.91 Å². The molecular formula is C16H17N3O7. The van der Waals surface area contributed by atoms with Crippen molar-refractivity contribution in [2.24, 2.45) is 0 Å². The molecule has 0 spiro atoms. The van der Waals surface area contributed by atoms with Gasteiger partial charge in [-0.2, -0.15) is 4.98 Å². The zero-order valence-corrected chi connectivity index (χ0v) is 13.4. The molecule has 0 radical (unpaired) electrons. The standard InChI is InChI=1S/C16H17N3O7/c20-7-10-12(22)13(23)15(26-10)19-6-5-11(18-16(19)25)17-14(24)8-3-1-2-4-9(8)21/h1-6,10,12-13,15,20-23H,7H2,(H,17,18,24,25)/t10-,12-,13+,15-/m1/s1. The maximum absolute atomic E-state index is 12.2. The minimum Gasteiger partial charge on any atom is -0.507 e. The number of rotatable bonds is 4. The van der Waals surface area contributed by atoms with Crippen LogP contribution < -0.4 is 11.0 Å². The lowest BCUT2D eigenvalue weighted by molar-refractivity contribution is -0.0549. The number of amides is 1. The van der Waals surface area contributed by atoms with E-state index in [-0.39, 0.29) is 17.1 Å². The van der Waals surface area contributed by atoms with Gasteiger partial charge < -0.3 is 30.5 Å². The third-order valence-corrected chi connectivity index (χ3v) is 4.01. The number of hydrogen-bond donors (Lipinski definition) is 5. The van der Waals surface area contributed by atoms with Gasteiger partial charge in [0.1, 0.15) is 29.9 Å². The number of phenolic OH excluding ortho intramolecular Hbond substituents is 1. The number of aliphatic hydroxyl groups excluding tert-OH is 3. The Bertz CT molecular complexity index is 869. The topological polar surface area (TPSA) is 154 Å². The maximum atomic E-state index is 12.2. The van der Waals surface area contributed by atoms with Gasteiger partial charge in [0.2, 0.25) is 0 Å². The first-order chi connectivity index (χ1) is 12.4. The van der Waals surface area contributed by atoms with Crippen LogP contribution in [0.1, 0.15) is 16.6 Å². The van der Waals surface area contributed by atoms with E-state index in [0.717, 1.165) is 4.57 Å². The summed E-state index contributed by atoms with van der Waals surface area (Å²) in [5, 5.41) is 40.9. The highest BCUT2D eigenvalue weighted by molar-refractivity contribution is 6.05. The first kappa shape index (κ1) is 18.0. The average Bonchev–Trinajstić information content (AvgIpc) is 2.90. The van der Waals surface area contributed by atoms with E-state index in [0.29, 0.717) is 0 Å². The fourth-order valence-electron chi connectivity index (χ4n) is 2.64. The molecule has 1 amide bonds. The number of aliphatic hydroxyl groups is 3. The highest BCUT2D eigenvalue weighted by Crippen LogP contribution is 2.28. The normalized spacial score (nSPS) is 25.2. The zero-order chi connectivity index (χ0) is 18.8. The van der Waals surface area contributed by atoms with Gasteiger partial charge in [-0.25, -0.2) is 4.79 Å². The molecule has 1 fully saturated rings. The lowest BCUT2D eigenvalue weighted by atomic mass is 10.1. The summed E-state index contributed by atoms with van der Waals surface area (Å²) in [5.41, 5.74) is -0.822. The number of anilines is 1. The minimum absolute atomic E-state index is 0.0157. The molecule has 0 bridgehead atoms. The molecule has 0 aliphatic carbocycles. The molecule has 1 saturated heterocycles. The van der Waals surface area contributed by atoms with Crippen LogP contribution in [0.2, 0.25) is 0 Å². The Kier molecular flexibility index (Phi) is 5.00. The van der Waals surface area contributed by atoms with Crippen LogP contribution in [0.5, 0.6) is 5.75 Å². The summed E-state index contributed by atoms with van der Waals surface area (Å²) in [5.74, 6) is -0.934. The van der Waals surface area contributed by atoms with Crippen LogP contribution in [0.15, 0.2) is 41.3 Å². The second-order valence-corrected chi connectivity index (χ2v) is 5.70. The highest BCUT2D eigenvalue weighted by Gasteiger charge is 2.43. The lowest BCUT2D eigenvalue weighted by Crippen LogP contribution is -2.36. The van der Waals surface area contributed by atoms with Gasteiger partial charge in [-0.1, -0.05) is 12.1 Å². The van der Waals surface area contributed by atoms with Crippen LogP contribution in [0.4, 0.5) is 5.82 Å². The number of carbonyl (C=O) groups is 1. The van der Waals surface area contributed by atoms with E-state index >= 15 is 0 Å². The molecule has 2 aromatic rings. The van der Waals surface area contributed by atoms with Crippen molar-refractivity contribution in [1.29, 1.82) is 0 Å². The number of ether oxygens (including phenoxy) is 1. The van der Waals surface area contributed by atoms with Gasteiger partial charge >= 0.3 is 5.69 Å². The van der Waals surface area contributed by atoms with Crippen molar-refractivity contribution in [3.63, 3.8) is 0 Å². The SMILES string of the molecule is O=C(Nc1ccn([C@@H]2O[C@H](CO)[C@@H](O)[C@@H]2O)c(=O)n1)c1ccccc1O. The van der Waals surface area contributed by atoms with Gasteiger partial charge in [-0.3, -0.25) is 9.36 Å². The molecule has 1 aromatic carbocycles. The molecule has 0 saturated carbocycles. The Hall–Kier alpha value is -2.79. The van der Waals surface area contributed by atoms with Crippen molar-refractivity contribution in [1.82, 2.24) is 9.55 Å². The Morgan fingerprint density at radius 1 is 1.23 bits per heavy atom. The molecule has 1 aliphatic heterocycles. The Balaban J connectivity index is 1.79. The van der Waals surface area contributed by atoms with Crippen molar-refractivity contribution < 1.29 is 30.0 Å². The van der Waals surface area contributed by atoms with Gasteiger partial charge in [0.05, 0.1) is 12.2 Å². The van der Waals surface area contributed by atoms with Crippen LogP contribution in [0.3, 0.4) is 0 Å². The van der Waals surface area contributed by atoms with Crippen LogP contribution in [-0.4, -0.2) is 60.8 Å². The van der Waals surface area contributed by atoms with E-state index in [9.17, 15) is 24.9 Å². The van der Waals surface area contributed by atoms with Gasteiger partial charge in [-0.05, 0) is 18.2 Å². The van der Waals surface area contributed by atoms with Crippen molar-refractivity contribution in [2.75, 3.05) is 11.9 Å². The summed E-state index contributed by atoms with van der Waals surface area (Å²) in [7, 11) is 0. The van der Waals surface area contributed by atoms with E-state index in [4.69, 9.17) is 9.84 Å². The monoisotopic (exact) mass is 363 g/mol. The first-order valence-electron chi connectivity index (χ1n) is 7.73. The Labute approximate surface area is 146 Å². The number of para-hydroxylation sites is 1. The van der Waals surface area contributed by atoms with Gasteiger partial charge in [0, 0.05) is 6.20 Å². The summed E-state index contributed by atoms with van der Waals surface area (Å²) in [4.78, 5) is 28.0. The number of nitrogens with one attached hydrogen (secondary N) is 1. The van der Waals surface area contributed by atoms with Crippen LogP contribution in [0.25, 0.3) is 0 Å². The van der Waals surface area contributed by atoms with Crippen LogP contribution in [-0.2, 0) is 4.74 Å². The zero-order valence-electron chi connectivity index (χ0n) is 13.4. The average molecular weight is 363 g/mol. The van der Waals surface area contributed by atoms with Crippen LogP contribution in [0, 0.1) is 0 Å². The predicted octanol–water partition coefficient (Wildman–Crippen LogP) is -1.19. The molecule has 4 atom stereocenters. The minimum atomic E-state index is -1.42. The third-order valence-electron chi connectivity index (χ3n) is 4.01. The quantitative estimate of drug-likeness (QED) is 0.454. The summed E-state index contributed by atoms with van der Waals surface area (Å²) >= 11 is 0. The van der Waals surface area contributed by atoms with Gasteiger partial charge in [0.15, 0.2) is 6.23 Å². The number of aromatic hydroxyl groups is 1. The smallest absolute Gasteiger partial charge is 0.351 e. The largest absolute Gasteiger partial charge is 0.507 e. The van der Waals surface area contributed by atoms with E-state index < -0.39 is 42.7 Å². The lowest BCUT2D eigenvalue weighted by Gasteiger charge is -2.17. The summed E-state index contributed by atoms with van der Waals surface area (Å²) in [6.07, 6.45) is -3.78. The molecule has 5 N–H and O–H groups in total. The molecule has 0 unspecified atom stereocenters. The summed E-state index contributed by atoms with van der Waals surface area (Å²) < 4.78 is 6.20. The molecular weight excluding hydrogens is 346 g/mol. The molecule has 1 aliphatic rings. The van der Waals surface area contributed by atoms with Crippen molar-refractivity contribution in [2.45, 2.75) is 24.5 Å². The van der Waals surface area contributed by atoms with E-state index in [1.807, 2.05) is 0 Å². The fourth-order valence-corrected chi connectivity index (χ4v) is 2.64. The van der Waals surface area contributed by atoms with E-state index in [1.165, 1.54) is 24.4 Å². The number of carbonyl (C=O) groups excluding carboxylic acids is 1. The Morgan fingerprint density at radius 2 is 1.96 bits per heavy atom. The second kappa shape index (κ2) is 7.22. The molecule has 2 heterocycles. The highest BCUT2D eigenvalue weighted by atomic mass is 16.6. The fraction of sp³-hybridized carbons (Fsp3) is 0.312. The first-order valence-corrected chi connectivity index (χ1v) is 7.73. The predicted molar refractivity (Wildman–Crippen MR) is 87.6 cm³/mol. The van der Waals surface area contributed by atoms with Crippen LogP contribution >= 0.6 is 0 Å². The molecule has 26 heavy (non-hydrogen) atoms. The summed E-state index contributed by atoms with van der Waals surface area (Å²) in [6, 6.07) is 7.19. The van der Waals surface area contributed by atoms with Crippen molar-refractivity contribution >= 4 is 11.7 Å². The Morgan fingerprint density at radius 3 is 2.58 bits per heavy atom. The van der Waals surface area contributed by atoms with Gasteiger partial charge in [-0.15, -0.1) is 0 Å². The molecule has 10 nitrogen and oxygen atoms in total. The van der Waals surface area contributed by atoms with Crippen molar-refractivity contribution in [3.8, 4) is 5.75 Å². The molecule has 138 valence electrons. The molecule has 3 rings (SSSR count). The van der Waals surface area contributed by atoms with E-state index in [1.54, 1.807) is 12.1 Å². The second-order valence-electron chi connectivity index (χ2n) is 5.70. The van der Waals surface area contributed by atoms with Crippen molar-refractivity contribution in [3.05, 3.63) is 52.6 Å². The van der Waals surface area contributed by atoms with E-state index in [2.05, 4.69) is 10.3 Å². The maximum Gasteiger partial charge on any atom is 0.351 e. The number of benzene rings is 1. The molecule has 10 heteroatoms. The number of aromatic nitrogens is 2. The summed E-state index contributed by atoms with van der Waals surface area (Å²) in [6.45, 7) is -0.522.